The summed E-state index contributed by atoms with van der Waals surface area (Å²) in [6.45, 7) is 13.9. The highest BCUT2D eigenvalue weighted by atomic mass is 31.2. The van der Waals surface area contributed by atoms with E-state index < -0.39 is 97.5 Å². The van der Waals surface area contributed by atoms with E-state index in [0.717, 1.165) is 102 Å². The Morgan fingerprint density at radius 1 is 0.337 bits per heavy atom. The number of phosphoric acid groups is 2. The molecule has 0 aromatic carbocycles. The zero-order valence-corrected chi connectivity index (χ0v) is 55.6. The van der Waals surface area contributed by atoms with Gasteiger partial charge >= 0.3 is 39.5 Å². The maximum atomic E-state index is 13.0. The normalized spacial score (nSPS) is 14.8. The Kier molecular flexibility index (Phi) is 53.0. The van der Waals surface area contributed by atoms with Gasteiger partial charge in [0.05, 0.1) is 26.4 Å². The number of aliphatic hydroxyl groups excluding tert-OH is 1. The van der Waals surface area contributed by atoms with Gasteiger partial charge in [0.2, 0.25) is 0 Å². The quantitative estimate of drug-likeness (QED) is 0.0222. The molecule has 0 heterocycles. The third kappa shape index (κ3) is 57.6. The van der Waals surface area contributed by atoms with Crippen molar-refractivity contribution in [3.63, 3.8) is 0 Å². The van der Waals surface area contributed by atoms with Crippen LogP contribution < -0.4 is 0 Å². The van der Waals surface area contributed by atoms with Gasteiger partial charge in [0.1, 0.15) is 19.3 Å². The molecule has 4 unspecified atom stereocenters. The summed E-state index contributed by atoms with van der Waals surface area (Å²) in [5.74, 6) is 0.753. The monoisotopic (exact) mass is 1230 g/mol. The van der Waals surface area contributed by atoms with Crippen molar-refractivity contribution in [3.05, 3.63) is 0 Å². The SMILES string of the molecule is CCC(C)CCCCCCCCCCC(=O)OC[C@H](COP(=O)(O)OCC(O)COP(=O)(O)OC[C@@H](COC(=O)CCCCCCCCCCC(C)C)OC(=O)CCCCCCCCCC(C)C)OC(=O)CCCCCCCCCC(C)C. The lowest BCUT2D eigenvalue weighted by atomic mass is 9.99. The Morgan fingerprint density at radius 2 is 0.578 bits per heavy atom. The molecular formula is C64H124O17P2. The highest BCUT2D eigenvalue weighted by molar-refractivity contribution is 7.47. The molecule has 0 aliphatic carbocycles. The molecule has 0 spiro atoms. The summed E-state index contributed by atoms with van der Waals surface area (Å²) in [6.07, 6.45) is 33.6. The van der Waals surface area contributed by atoms with Gasteiger partial charge in [0.15, 0.2) is 12.2 Å². The third-order valence-corrected chi connectivity index (χ3v) is 16.8. The number of rotatable bonds is 61. The number of hydrogen-bond acceptors (Lipinski definition) is 15. The Labute approximate surface area is 505 Å². The molecular weight excluding hydrogens is 1100 g/mol. The van der Waals surface area contributed by atoms with Crippen LogP contribution in [-0.2, 0) is 65.4 Å². The predicted octanol–water partition coefficient (Wildman–Crippen LogP) is 17.4. The molecule has 0 rings (SSSR count). The average Bonchev–Trinajstić information content (AvgIpc) is 3.47. The van der Waals surface area contributed by atoms with Crippen LogP contribution in [0.5, 0.6) is 0 Å². The zero-order chi connectivity index (χ0) is 61.8. The molecule has 0 radical (unpaired) electrons. The summed E-state index contributed by atoms with van der Waals surface area (Å²) in [4.78, 5) is 72.2. The fourth-order valence-electron chi connectivity index (χ4n) is 9.40. The number of carbonyl (C=O) groups is 4. The lowest BCUT2D eigenvalue weighted by Crippen LogP contribution is -2.30. The molecule has 0 saturated carbocycles. The smallest absolute Gasteiger partial charge is 0.462 e. The highest BCUT2D eigenvalue weighted by Gasteiger charge is 2.30. The molecule has 0 aromatic heterocycles. The molecule has 0 saturated heterocycles. The van der Waals surface area contributed by atoms with E-state index in [1.54, 1.807) is 0 Å². The van der Waals surface area contributed by atoms with Gasteiger partial charge in [-0.1, -0.05) is 254 Å². The number of hydrogen-bond donors (Lipinski definition) is 3. The summed E-state index contributed by atoms with van der Waals surface area (Å²) < 4.78 is 68.0. The first-order valence-corrected chi connectivity index (χ1v) is 36.2. The van der Waals surface area contributed by atoms with Crippen molar-refractivity contribution in [2.45, 2.75) is 324 Å². The zero-order valence-electron chi connectivity index (χ0n) is 53.8. The van der Waals surface area contributed by atoms with E-state index in [4.69, 9.17) is 37.0 Å². The van der Waals surface area contributed by atoms with Crippen LogP contribution in [0.25, 0.3) is 0 Å². The van der Waals surface area contributed by atoms with E-state index in [2.05, 4.69) is 55.4 Å². The number of aliphatic hydroxyl groups is 1. The van der Waals surface area contributed by atoms with Gasteiger partial charge in [-0.05, 0) is 49.4 Å². The molecule has 83 heavy (non-hydrogen) atoms. The van der Waals surface area contributed by atoms with Gasteiger partial charge in [0, 0.05) is 25.7 Å². The van der Waals surface area contributed by atoms with Gasteiger partial charge in [-0.2, -0.15) is 0 Å². The van der Waals surface area contributed by atoms with Crippen molar-refractivity contribution < 1.29 is 80.2 Å². The van der Waals surface area contributed by atoms with E-state index in [-0.39, 0.29) is 25.7 Å². The fourth-order valence-corrected chi connectivity index (χ4v) is 11.0. The Balaban J connectivity index is 5.25. The van der Waals surface area contributed by atoms with Crippen LogP contribution in [0.1, 0.15) is 306 Å². The van der Waals surface area contributed by atoms with Crippen LogP contribution in [0.4, 0.5) is 0 Å². The van der Waals surface area contributed by atoms with Crippen LogP contribution >= 0.6 is 15.6 Å². The number of phosphoric ester groups is 2. The number of carbonyl (C=O) groups excluding carboxylic acids is 4. The fraction of sp³-hybridized carbons (Fsp3) is 0.938. The Morgan fingerprint density at radius 3 is 0.855 bits per heavy atom. The molecule has 6 atom stereocenters. The summed E-state index contributed by atoms with van der Waals surface area (Å²) >= 11 is 0. The second kappa shape index (κ2) is 54.2. The molecule has 17 nitrogen and oxygen atoms in total. The van der Waals surface area contributed by atoms with Gasteiger partial charge in [-0.3, -0.25) is 37.3 Å². The topological polar surface area (TPSA) is 237 Å². The van der Waals surface area contributed by atoms with E-state index in [9.17, 15) is 43.2 Å². The minimum atomic E-state index is -4.94. The van der Waals surface area contributed by atoms with E-state index >= 15 is 0 Å². The van der Waals surface area contributed by atoms with Crippen molar-refractivity contribution in [1.82, 2.24) is 0 Å². The van der Waals surface area contributed by atoms with E-state index in [1.807, 2.05) is 0 Å². The first kappa shape index (κ1) is 81.1. The summed E-state index contributed by atoms with van der Waals surface area (Å²) in [7, 11) is -9.89. The first-order chi connectivity index (χ1) is 39.6. The summed E-state index contributed by atoms with van der Waals surface area (Å²) in [5, 5.41) is 10.5. The van der Waals surface area contributed by atoms with Crippen molar-refractivity contribution in [1.29, 1.82) is 0 Å². The van der Waals surface area contributed by atoms with Gasteiger partial charge < -0.3 is 33.8 Å². The van der Waals surface area contributed by atoms with Crippen molar-refractivity contribution in [2.24, 2.45) is 23.7 Å². The molecule has 0 fully saturated rings. The molecule has 492 valence electrons. The summed E-state index contributed by atoms with van der Waals surface area (Å²) in [5.41, 5.74) is 0. The van der Waals surface area contributed by atoms with Crippen LogP contribution in [0.3, 0.4) is 0 Å². The average molecular weight is 1230 g/mol. The van der Waals surface area contributed by atoms with Crippen LogP contribution in [-0.4, -0.2) is 96.7 Å². The maximum absolute atomic E-state index is 13.0. The molecule has 19 heteroatoms. The molecule has 0 aromatic rings. The standard InChI is InChI=1S/C64H124O17P2/c1-9-57(8)43-35-27-19-11-13-21-29-37-45-62(67)75-51-60(81-64(69)47-39-31-23-15-18-26-34-42-56(6)7)53-79-83(72,73)77-49-58(65)48-76-82(70,71)78-52-59(80-63(68)46-38-30-22-14-17-25-33-41-55(4)5)50-74-61(66)44-36-28-20-12-10-16-24-32-40-54(2)3/h54-60,65H,9-53H2,1-8H3,(H,70,71)(H,72,73)/t57?,58?,59-,60-/m1/s1. The van der Waals surface area contributed by atoms with Crippen LogP contribution in [0, 0.1) is 23.7 Å². The number of esters is 4. The molecule has 0 aliphatic heterocycles. The largest absolute Gasteiger partial charge is 0.472 e. The van der Waals surface area contributed by atoms with Gasteiger partial charge in [-0.25, -0.2) is 9.13 Å². The minimum absolute atomic E-state index is 0.102. The third-order valence-electron chi connectivity index (χ3n) is 14.9. The van der Waals surface area contributed by atoms with Crippen molar-refractivity contribution >= 4 is 39.5 Å². The lowest BCUT2D eigenvalue weighted by molar-refractivity contribution is -0.161. The first-order valence-electron chi connectivity index (χ1n) is 33.2. The highest BCUT2D eigenvalue weighted by Crippen LogP contribution is 2.45. The number of ether oxygens (including phenoxy) is 4. The second-order valence-electron chi connectivity index (χ2n) is 24.8. The maximum Gasteiger partial charge on any atom is 0.472 e. The van der Waals surface area contributed by atoms with Gasteiger partial charge in [-0.15, -0.1) is 0 Å². The molecule has 3 N–H and O–H groups in total. The molecule has 0 bridgehead atoms. The van der Waals surface area contributed by atoms with Crippen molar-refractivity contribution in [2.75, 3.05) is 39.6 Å². The van der Waals surface area contributed by atoms with Crippen LogP contribution in [0.2, 0.25) is 0 Å². The predicted molar refractivity (Wildman–Crippen MR) is 331 cm³/mol. The second-order valence-corrected chi connectivity index (χ2v) is 27.7. The number of unbranched alkanes of at least 4 members (excludes halogenated alkanes) is 26. The van der Waals surface area contributed by atoms with Crippen molar-refractivity contribution in [3.8, 4) is 0 Å². The van der Waals surface area contributed by atoms with Crippen LogP contribution in [0.15, 0.2) is 0 Å². The Bertz CT molecular complexity index is 1660. The Hall–Kier alpha value is -1.94. The van der Waals surface area contributed by atoms with E-state index in [0.29, 0.717) is 37.5 Å². The van der Waals surface area contributed by atoms with E-state index in [1.165, 1.54) is 109 Å². The minimum Gasteiger partial charge on any atom is -0.462 e. The van der Waals surface area contributed by atoms with Gasteiger partial charge in [0.25, 0.3) is 0 Å². The summed E-state index contributed by atoms with van der Waals surface area (Å²) in [6, 6.07) is 0. The molecule has 0 amide bonds. The molecule has 0 aliphatic rings. The lowest BCUT2D eigenvalue weighted by Gasteiger charge is -2.21.